The fourth-order valence-electron chi connectivity index (χ4n) is 4.95. The molecule has 0 spiro atoms. The van der Waals surface area contributed by atoms with E-state index >= 15 is 0 Å². The molecule has 0 saturated heterocycles. The Bertz CT molecular complexity index is 1310. The Kier molecular flexibility index (Phi) is 4.32. The third-order valence-corrected chi connectivity index (χ3v) is 6.73. The standard InChI is InChI=1S/C28H28N2/c1-18-15-19(2)20(3)24(16-18)25-11-8-12-26(29(25)4)27-14-13-23-22-10-7-6-9-21(22)17-28(23)30(27)5/h6-16H,17H2,1-5H3/q+2. The summed E-state index contributed by atoms with van der Waals surface area (Å²) < 4.78 is 4.72. The van der Waals surface area contributed by atoms with Gasteiger partial charge in [-0.3, -0.25) is 0 Å². The lowest BCUT2D eigenvalue weighted by atomic mass is 9.97. The van der Waals surface area contributed by atoms with Crippen molar-refractivity contribution in [3.05, 3.63) is 94.7 Å². The van der Waals surface area contributed by atoms with Crippen molar-refractivity contribution < 1.29 is 9.13 Å². The smallest absolute Gasteiger partial charge is 0.192 e. The average molecular weight is 393 g/mol. The molecule has 2 heterocycles. The van der Waals surface area contributed by atoms with E-state index in [9.17, 15) is 0 Å². The van der Waals surface area contributed by atoms with E-state index in [-0.39, 0.29) is 0 Å². The van der Waals surface area contributed by atoms with Gasteiger partial charge < -0.3 is 0 Å². The maximum Gasteiger partial charge on any atom is 0.277 e. The normalized spacial score (nSPS) is 12.0. The highest BCUT2D eigenvalue weighted by molar-refractivity contribution is 5.75. The number of rotatable bonds is 2. The molecule has 5 rings (SSSR count). The van der Waals surface area contributed by atoms with Crippen LogP contribution in [0.25, 0.3) is 33.8 Å². The van der Waals surface area contributed by atoms with Crippen LogP contribution in [0.5, 0.6) is 0 Å². The summed E-state index contributed by atoms with van der Waals surface area (Å²) in [5.41, 5.74) is 14.6. The molecule has 0 N–H and O–H groups in total. The second kappa shape index (κ2) is 6.91. The summed E-state index contributed by atoms with van der Waals surface area (Å²) in [5.74, 6) is 0. The highest BCUT2D eigenvalue weighted by Crippen LogP contribution is 2.35. The second-order valence-corrected chi connectivity index (χ2v) is 8.58. The summed E-state index contributed by atoms with van der Waals surface area (Å²) >= 11 is 0. The van der Waals surface area contributed by atoms with Gasteiger partial charge in [-0.25, -0.2) is 0 Å². The van der Waals surface area contributed by atoms with Crippen LogP contribution in [-0.4, -0.2) is 0 Å². The molecule has 1 aliphatic carbocycles. The van der Waals surface area contributed by atoms with E-state index in [1.807, 2.05) is 0 Å². The van der Waals surface area contributed by atoms with Crippen molar-refractivity contribution in [1.29, 1.82) is 0 Å². The highest BCUT2D eigenvalue weighted by Gasteiger charge is 2.31. The van der Waals surface area contributed by atoms with E-state index in [4.69, 9.17) is 0 Å². The summed E-state index contributed by atoms with van der Waals surface area (Å²) in [6.07, 6.45) is 0.995. The Hall–Kier alpha value is -3.26. The third kappa shape index (κ3) is 2.79. The maximum atomic E-state index is 2.38. The van der Waals surface area contributed by atoms with Gasteiger partial charge in [-0.1, -0.05) is 35.9 Å². The van der Waals surface area contributed by atoms with E-state index in [0.717, 1.165) is 6.42 Å². The molecule has 0 radical (unpaired) electrons. The number of pyridine rings is 2. The molecule has 30 heavy (non-hydrogen) atoms. The number of nitrogens with zero attached hydrogens (tertiary/aromatic N) is 2. The van der Waals surface area contributed by atoms with Crippen LogP contribution in [-0.2, 0) is 20.5 Å². The lowest BCUT2D eigenvalue weighted by Crippen LogP contribution is -2.42. The Balaban J connectivity index is 1.67. The van der Waals surface area contributed by atoms with Crippen molar-refractivity contribution in [1.82, 2.24) is 0 Å². The average Bonchev–Trinajstić information content (AvgIpc) is 3.11. The van der Waals surface area contributed by atoms with E-state index in [1.165, 1.54) is 61.7 Å². The fraction of sp³-hybridized carbons (Fsp3) is 0.214. The first-order chi connectivity index (χ1) is 14.5. The topological polar surface area (TPSA) is 7.76 Å². The summed E-state index contributed by atoms with van der Waals surface area (Å²) in [6, 6.07) is 24.5. The molecule has 0 atom stereocenters. The molecule has 0 unspecified atom stereocenters. The zero-order valence-corrected chi connectivity index (χ0v) is 18.5. The fourth-order valence-corrected chi connectivity index (χ4v) is 4.95. The Morgan fingerprint density at radius 2 is 1.37 bits per heavy atom. The van der Waals surface area contributed by atoms with Crippen LogP contribution >= 0.6 is 0 Å². The maximum absolute atomic E-state index is 2.38. The van der Waals surface area contributed by atoms with Gasteiger partial charge in [0.15, 0.2) is 5.69 Å². The van der Waals surface area contributed by atoms with Crippen LogP contribution in [0.1, 0.15) is 27.9 Å². The zero-order chi connectivity index (χ0) is 21.0. The molecular formula is C28H28N2+2. The van der Waals surface area contributed by atoms with Gasteiger partial charge in [0.2, 0.25) is 5.69 Å². The number of benzene rings is 2. The van der Waals surface area contributed by atoms with Crippen LogP contribution in [0.3, 0.4) is 0 Å². The first-order valence-corrected chi connectivity index (χ1v) is 10.6. The van der Waals surface area contributed by atoms with Crippen molar-refractivity contribution in [2.45, 2.75) is 27.2 Å². The van der Waals surface area contributed by atoms with Crippen molar-refractivity contribution in [2.24, 2.45) is 14.1 Å². The Morgan fingerprint density at radius 1 is 0.633 bits per heavy atom. The molecule has 2 aromatic heterocycles. The minimum Gasteiger partial charge on any atom is -0.192 e. The van der Waals surface area contributed by atoms with Crippen molar-refractivity contribution in [2.75, 3.05) is 0 Å². The highest BCUT2D eigenvalue weighted by atomic mass is 15.0. The molecule has 0 aliphatic heterocycles. The third-order valence-electron chi connectivity index (χ3n) is 6.73. The van der Waals surface area contributed by atoms with Gasteiger partial charge in [0, 0.05) is 29.3 Å². The second-order valence-electron chi connectivity index (χ2n) is 8.58. The van der Waals surface area contributed by atoms with Gasteiger partial charge in [-0.2, -0.15) is 9.13 Å². The van der Waals surface area contributed by atoms with E-state index in [2.05, 4.69) is 111 Å². The summed E-state index contributed by atoms with van der Waals surface area (Å²) in [4.78, 5) is 0. The molecule has 0 saturated carbocycles. The molecule has 148 valence electrons. The molecule has 0 bridgehead atoms. The molecule has 1 aliphatic rings. The van der Waals surface area contributed by atoms with E-state index in [1.54, 1.807) is 0 Å². The largest absolute Gasteiger partial charge is 0.277 e. The van der Waals surface area contributed by atoms with Crippen LogP contribution in [0, 0.1) is 20.8 Å². The number of fused-ring (bicyclic) bond motifs is 3. The minimum absolute atomic E-state index is 0.995. The van der Waals surface area contributed by atoms with Gasteiger partial charge in [-0.05, 0) is 61.2 Å². The molecule has 0 amide bonds. The van der Waals surface area contributed by atoms with E-state index in [0.29, 0.717) is 0 Å². The number of hydrogen-bond donors (Lipinski definition) is 0. The molecule has 4 aromatic rings. The van der Waals surface area contributed by atoms with E-state index < -0.39 is 0 Å². The number of aryl methyl sites for hydroxylation is 2. The van der Waals surface area contributed by atoms with Crippen LogP contribution in [0.15, 0.2) is 66.7 Å². The Morgan fingerprint density at radius 3 is 2.20 bits per heavy atom. The van der Waals surface area contributed by atoms with Crippen molar-refractivity contribution in [3.8, 4) is 33.8 Å². The zero-order valence-electron chi connectivity index (χ0n) is 18.5. The molecule has 2 aromatic carbocycles. The summed E-state index contributed by atoms with van der Waals surface area (Å²) in [5, 5.41) is 0. The first kappa shape index (κ1) is 18.7. The molecule has 2 heteroatoms. The molecular weight excluding hydrogens is 364 g/mol. The first-order valence-electron chi connectivity index (χ1n) is 10.6. The van der Waals surface area contributed by atoms with Crippen LogP contribution in [0.4, 0.5) is 0 Å². The van der Waals surface area contributed by atoms with Crippen molar-refractivity contribution >= 4 is 0 Å². The summed E-state index contributed by atoms with van der Waals surface area (Å²) in [6.45, 7) is 6.61. The summed E-state index contributed by atoms with van der Waals surface area (Å²) in [7, 11) is 4.39. The lowest BCUT2D eigenvalue weighted by molar-refractivity contribution is -0.689. The van der Waals surface area contributed by atoms with Crippen molar-refractivity contribution in [3.63, 3.8) is 0 Å². The monoisotopic (exact) mass is 392 g/mol. The number of aromatic nitrogens is 2. The Labute approximate surface area is 179 Å². The SMILES string of the molecule is Cc1cc(C)c(C)c(-c2cccc(-c3ccc4c([n+]3C)Cc3ccccc3-4)[n+]2C)c1. The van der Waals surface area contributed by atoms with Gasteiger partial charge in [0.1, 0.15) is 14.1 Å². The predicted molar refractivity (Wildman–Crippen MR) is 122 cm³/mol. The molecule has 2 nitrogen and oxygen atoms in total. The van der Waals surface area contributed by atoms with Gasteiger partial charge in [0.05, 0.1) is 6.42 Å². The predicted octanol–water partition coefficient (Wildman–Crippen LogP) is 5.17. The van der Waals surface area contributed by atoms with Crippen LogP contribution in [0.2, 0.25) is 0 Å². The number of hydrogen-bond acceptors (Lipinski definition) is 0. The van der Waals surface area contributed by atoms with Gasteiger partial charge in [-0.15, -0.1) is 0 Å². The quantitative estimate of drug-likeness (QED) is 0.366. The van der Waals surface area contributed by atoms with Crippen LogP contribution < -0.4 is 9.13 Å². The van der Waals surface area contributed by atoms with Gasteiger partial charge in [0.25, 0.3) is 11.4 Å². The lowest BCUT2D eigenvalue weighted by Gasteiger charge is -2.11. The van der Waals surface area contributed by atoms with Gasteiger partial charge >= 0.3 is 0 Å². The molecule has 0 fully saturated rings. The minimum atomic E-state index is 0.995.